The number of hydroxylamine groups is 2. The molecule has 2 bridgehead atoms. The average molecular weight is 1130 g/mol. The molecule has 17 nitrogen and oxygen atoms in total. The Morgan fingerprint density at radius 3 is 2.10 bits per heavy atom. The van der Waals surface area contributed by atoms with E-state index in [0.29, 0.717) is 31.3 Å². The van der Waals surface area contributed by atoms with Crippen molar-refractivity contribution < 1.29 is 76.1 Å². The van der Waals surface area contributed by atoms with Crippen molar-refractivity contribution in [1.29, 1.82) is 0 Å². The molecule has 80 heavy (non-hydrogen) atoms. The SMILES string of the molecule is CC[C@@H](C)[C@H]1O[C@]2(C=C[C@@H]1C)C[C@@H]1C[C@@H](C/C=C(\C)[C@@H](O[C@H]3C[C@H](OC)[C@@H](O[C@H]4C[C@H](OC)[C@H](ON5C(=O)c6ccccc6C5=O)[C@H](C)O4)[C@H](C)O3)[C@@H](C)/C=C/C=C3\CO[C@@H]4[C@H](O[Si](C)(C)C(C)(C)C)C(C)=C[C@@H](C(=O)O1)[C@]34O)O2. The molecule has 2 amide bonds. The maximum Gasteiger partial charge on any atom is 0.316 e. The van der Waals surface area contributed by atoms with Crippen LogP contribution in [-0.4, -0.2) is 154 Å². The zero-order valence-corrected chi connectivity index (χ0v) is 50.7. The second-order valence-electron chi connectivity index (χ2n) is 25.3. The van der Waals surface area contributed by atoms with Crippen molar-refractivity contribution in [2.24, 2.45) is 23.7 Å². The van der Waals surface area contributed by atoms with Gasteiger partial charge in [-0.25, -0.2) is 0 Å². The number of carbonyl (C=O) groups is 3. The fourth-order valence-corrected chi connectivity index (χ4v) is 14.0. The third-order valence-electron chi connectivity index (χ3n) is 18.7. The summed E-state index contributed by atoms with van der Waals surface area (Å²) in [4.78, 5) is 47.4. The molecule has 4 saturated heterocycles. The van der Waals surface area contributed by atoms with Crippen LogP contribution in [0.5, 0.6) is 0 Å². The fraction of sp³-hybridized carbons (Fsp3) is 0.694. The maximum absolute atomic E-state index is 14.9. The summed E-state index contributed by atoms with van der Waals surface area (Å²) in [5.74, 6) is -3.64. The lowest BCUT2D eigenvalue weighted by Crippen LogP contribution is -2.60. The number of aliphatic hydroxyl groups is 1. The zero-order chi connectivity index (χ0) is 57.8. The van der Waals surface area contributed by atoms with Crippen LogP contribution in [-0.2, 0) is 61.4 Å². The lowest BCUT2D eigenvalue weighted by molar-refractivity contribution is -0.329. The van der Waals surface area contributed by atoms with Crippen LogP contribution < -0.4 is 0 Å². The first-order valence-corrected chi connectivity index (χ1v) is 32.0. The summed E-state index contributed by atoms with van der Waals surface area (Å²) in [5.41, 5.74) is 1.11. The van der Waals surface area contributed by atoms with E-state index in [0.717, 1.165) is 22.6 Å². The predicted molar refractivity (Wildman–Crippen MR) is 299 cm³/mol. The van der Waals surface area contributed by atoms with Crippen LogP contribution in [0.2, 0.25) is 18.1 Å². The minimum Gasteiger partial charge on any atom is -0.462 e. The third kappa shape index (κ3) is 12.0. The normalized spacial score (nSPS) is 42.0. The van der Waals surface area contributed by atoms with Crippen molar-refractivity contribution in [3.63, 3.8) is 0 Å². The Balaban J connectivity index is 0.969. The van der Waals surface area contributed by atoms with E-state index in [1.54, 1.807) is 45.4 Å². The van der Waals surface area contributed by atoms with Gasteiger partial charge < -0.3 is 56.9 Å². The fourth-order valence-electron chi connectivity index (χ4n) is 12.7. The molecule has 442 valence electrons. The maximum atomic E-state index is 14.9. The van der Waals surface area contributed by atoms with Crippen LogP contribution in [0.4, 0.5) is 0 Å². The van der Waals surface area contributed by atoms with Gasteiger partial charge in [-0.2, -0.15) is 0 Å². The van der Waals surface area contributed by atoms with Crippen LogP contribution in [0.3, 0.4) is 0 Å². The third-order valence-corrected chi connectivity index (χ3v) is 23.1. The number of hydrogen-bond donors (Lipinski definition) is 1. The molecule has 0 radical (unpaired) electrons. The van der Waals surface area contributed by atoms with Gasteiger partial charge in [-0.1, -0.05) is 103 Å². The minimum atomic E-state index is -2.41. The topological polar surface area (TPSA) is 185 Å². The number of hydrogen-bond acceptors (Lipinski definition) is 16. The highest BCUT2D eigenvalue weighted by molar-refractivity contribution is 6.74. The van der Waals surface area contributed by atoms with Gasteiger partial charge in [0.1, 0.15) is 35.9 Å². The van der Waals surface area contributed by atoms with E-state index < -0.39 is 123 Å². The second kappa shape index (κ2) is 24.1. The van der Waals surface area contributed by atoms with E-state index in [1.807, 2.05) is 44.2 Å². The van der Waals surface area contributed by atoms with Gasteiger partial charge in [-0.05, 0) is 93.1 Å². The van der Waals surface area contributed by atoms with E-state index in [9.17, 15) is 19.5 Å². The largest absolute Gasteiger partial charge is 0.462 e. The predicted octanol–water partition coefficient (Wildman–Crippen LogP) is 9.64. The first-order valence-electron chi connectivity index (χ1n) is 29.1. The Morgan fingerprint density at radius 2 is 1.46 bits per heavy atom. The van der Waals surface area contributed by atoms with Crippen LogP contribution in [0.25, 0.3) is 0 Å². The number of rotatable bonds is 12. The molecule has 1 aromatic carbocycles. The molecule has 1 aromatic rings. The summed E-state index contributed by atoms with van der Waals surface area (Å²) in [5, 5.41) is 14.0. The van der Waals surface area contributed by atoms with Gasteiger partial charge in [0.2, 0.25) is 0 Å². The van der Waals surface area contributed by atoms with Gasteiger partial charge >= 0.3 is 5.97 Å². The molecule has 8 aliphatic rings. The summed E-state index contributed by atoms with van der Waals surface area (Å²) in [7, 11) is 0.782. The first kappa shape index (κ1) is 60.8. The highest BCUT2D eigenvalue weighted by Crippen LogP contribution is 2.50. The van der Waals surface area contributed by atoms with Gasteiger partial charge in [0.25, 0.3) is 11.8 Å². The quantitative estimate of drug-likeness (QED) is 0.0902. The summed E-state index contributed by atoms with van der Waals surface area (Å²) in [6.45, 7) is 27.3. The number of benzene rings is 1. The molecule has 18 heteroatoms. The number of fused-ring (bicyclic) bond motifs is 3. The molecular formula is C62H89NO16Si. The van der Waals surface area contributed by atoms with E-state index in [1.165, 1.54) is 0 Å². The lowest BCUT2D eigenvalue weighted by Gasteiger charge is -2.49. The Hall–Kier alpha value is -3.73. The molecule has 7 aliphatic heterocycles. The summed E-state index contributed by atoms with van der Waals surface area (Å²) in [6, 6.07) is 6.61. The number of imide groups is 1. The number of methoxy groups -OCH3 is 2. The first-order chi connectivity index (χ1) is 37.8. The van der Waals surface area contributed by atoms with Gasteiger partial charge in [0.05, 0.1) is 66.6 Å². The van der Waals surface area contributed by atoms with E-state index in [4.69, 9.17) is 56.6 Å². The second-order valence-corrected chi connectivity index (χ2v) is 30.1. The number of amides is 2. The highest BCUT2D eigenvalue weighted by Gasteiger charge is 2.62. The van der Waals surface area contributed by atoms with Crippen LogP contribution in [0, 0.1) is 23.7 Å². The summed E-state index contributed by atoms with van der Waals surface area (Å²) < 4.78 is 73.1. The van der Waals surface area contributed by atoms with Gasteiger partial charge in [0, 0.05) is 51.7 Å². The minimum absolute atomic E-state index is 0.0912. The van der Waals surface area contributed by atoms with Crippen LogP contribution >= 0.6 is 0 Å². The van der Waals surface area contributed by atoms with E-state index in [-0.39, 0.29) is 53.1 Å². The van der Waals surface area contributed by atoms with Crippen molar-refractivity contribution in [2.75, 3.05) is 20.8 Å². The molecule has 1 spiro atoms. The smallest absolute Gasteiger partial charge is 0.316 e. The Bertz CT molecular complexity index is 2560. The number of carbonyl (C=O) groups excluding carboxylic acids is 3. The number of ether oxygens (including phenoxy) is 10. The Kier molecular flexibility index (Phi) is 18.3. The highest BCUT2D eigenvalue weighted by atomic mass is 28.4. The van der Waals surface area contributed by atoms with E-state index in [2.05, 4.69) is 80.6 Å². The van der Waals surface area contributed by atoms with Gasteiger partial charge in [-0.15, -0.1) is 5.06 Å². The molecule has 9 rings (SSSR count). The van der Waals surface area contributed by atoms with E-state index >= 15 is 0 Å². The number of esters is 1. The summed E-state index contributed by atoms with van der Waals surface area (Å²) >= 11 is 0. The molecular weight excluding hydrogens is 1040 g/mol. The Morgan fingerprint density at radius 1 is 0.825 bits per heavy atom. The molecule has 20 atom stereocenters. The molecule has 7 heterocycles. The number of allylic oxidation sites excluding steroid dienone is 2. The Labute approximate surface area is 474 Å². The molecule has 0 unspecified atom stereocenters. The molecule has 1 aliphatic carbocycles. The lowest BCUT2D eigenvalue weighted by atomic mass is 9.71. The van der Waals surface area contributed by atoms with Gasteiger partial charge in [0.15, 0.2) is 26.7 Å². The standard InChI is InChI=1S/C62H89NO16Si/c1-16-34(2)52-37(5)26-27-61(77-52)32-43-29-42(76-61)25-24-36(4)51(35(3)20-19-21-41-33-70-56-53(79-80(14,15)60(9,10)11)38(6)28-46(59(66)73-43)62(41,56)67)74-49-30-47(68-12)54(39(7)71-49)75-50-31-48(69-13)55(40(8)72-50)78-63-57(64)44-22-17-18-23-45(44)58(63)65/h17-24,26-28,34-35,37,39-40,42-43,46-56,67H,16,25,29-33H2,1-15H3/b20-19+,36-24+,41-21+/t34-,35+,37+,39+,40+,42-,43+,46+,47+,48+,49+,50+,51+,52-,53-,54+,55-,56-,61-,62-/m1/s1. The number of nitrogens with zero attached hydrogens (tertiary/aromatic N) is 1. The molecule has 0 saturated carbocycles. The average Bonchev–Trinajstić information content (AvgIpc) is 4.02. The van der Waals surface area contributed by atoms with Crippen molar-refractivity contribution in [3.8, 4) is 0 Å². The zero-order valence-electron chi connectivity index (χ0n) is 49.7. The van der Waals surface area contributed by atoms with Crippen LogP contribution in [0.15, 0.2) is 83.5 Å². The van der Waals surface area contributed by atoms with Crippen LogP contribution in [0.1, 0.15) is 135 Å². The van der Waals surface area contributed by atoms with Crippen molar-refractivity contribution >= 4 is 26.1 Å². The summed E-state index contributed by atoms with van der Waals surface area (Å²) in [6.07, 6.45) is 8.55. The van der Waals surface area contributed by atoms with Crippen molar-refractivity contribution in [1.82, 2.24) is 5.06 Å². The molecule has 0 aromatic heterocycles. The van der Waals surface area contributed by atoms with Crippen molar-refractivity contribution in [2.45, 2.75) is 230 Å². The van der Waals surface area contributed by atoms with Gasteiger partial charge in [-0.3, -0.25) is 19.2 Å². The van der Waals surface area contributed by atoms with Crippen molar-refractivity contribution in [3.05, 3.63) is 94.6 Å². The molecule has 1 N–H and O–H groups in total. The molecule has 4 fully saturated rings. The monoisotopic (exact) mass is 1130 g/mol.